The van der Waals surface area contributed by atoms with E-state index in [1.54, 1.807) is 46.3 Å². The summed E-state index contributed by atoms with van der Waals surface area (Å²) in [6.07, 6.45) is 2.88. The van der Waals surface area contributed by atoms with Crippen LogP contribution in [0, 0.1) is 19.7 Å². The lowest BCUT2D eigenvalue weighted by atomic mass is 10.1. The average Bonchev–Trinajstić information content (AvgIpc) is 3.21. The van der Waals surface area contributed by atoms with E-state index >= 15 is 0 Å². The Morgan fingerprint density at radius 2 is 1.94 bits per heavy atom. The topological polar surface area (TPSA) is 46.1 Å². The third kappa shape index (κ3) is 5.53. The summed E-state index contributed by atoms with van der Waals surface area (Å²) in [7, 11) is 0. The molecule has 0 saturated carbocycles. The van der Waals surface area contributed by atoms with Crippen LogP contribution in [0.25, 0.3) is 10.2 Å². The number of anilines is 1. The number of carbonyl (C=O) groups is 1. The van der Waals surface area contributed by atoms with Crippen LogP contribution >= 0.6 is 23.1 Å². The number of nitrogens with zero attached hydrogens (tertiary/aromatic N) is 3. The van der Waals surface area contributed by atoms with Gasteiger partial charge in [-0.25, -0.2) is 9.37 Å². The molecule has 0 radical (unpaired) electrons. The molecule has 4 rings (SSSR count). The second-order valence-electron chi connectivity index (χ2n) is 7.63. The van der Waals surface area contributed by atoms with Crippen LogP contribution in [0.4, 0.5) is 9.52 Å². The number of thioether (sulfide) groups is 1. The smallest absolute Gasteiger partial charge is 0.229 e. The van der Waals surface area contributed by atoms with E-state index in [1.807, 2.05) is 18.2 Å². The highest BCUT2D eigenvalue weighted by molar-refractivity contribution is 7.99. The zero-order valence-corrected chi connectivity index (χ0v) is 19.7. The van der Waals surface area contributed by atoms with Gasteiger partial charge in [0.25, 0.3) is 0 Å². The summed E-state index contributed by atoms with van der Waals surface area (Å²) in [6, 6.07) is 16.4. The summed E-state index contributed by atoms with van der Waals surface area (Å²) in [5.41, 5.74) is 4.07. The highest BCUT2D eigenvalue weighted by Gasteiger charge is 2.21. The maximum atomic E-state index is 13.2. The normalized spacial score (nSPS) is 11.1. The molecule has 0 aliphatic carbocycles. The Kier molecular flexibility index (Phi) is 7.17. The maximum Gasteiger partial charge on any atom is 0.229 e. The fraction of sp³-hybridized carbons (Fsp3) is 0.240. The SMILES string of the molecule is Cc1cc(C)c2nc(N(Cc3ccccn3)C(=O)CCCSc3ccc(F)cc3)sc2c1. The van der Waals surface area contributed by atoms with Gasteiger partial charge in [0.05, 0.1) is 22.5 Å². The number of carbonyl (C=O) groups excluding carboxylic acids is 1. The quantitative estimate of drug-likeness (QED) is 0.219. The van der Waals surface area contributed by atoms with Crippen LogP contribution in [-0.4, -0.2) is 21.6 Å². The van der Waals surface area contributed by atoms with E-state index in [0.29, 0.717) is 18.1 Å². The van der Waals surface area contributed by atoms with Crippen molar-refractivity contribution >= 4 is 44.4 Å². The van der Waals surface area contributed by atoms with E-state index in [2.05, 4.69) is 31.0 Å². The second-order valence-corrected chi connectivity index (χ2v) is 9.81. The van der Waals surface area contributed by atoms with Crippen molar-refractivity contribution in [3.63, 3.8) is 0 Å². The van der Waals surface area contributed by atoms with Crippen molar-refractivity contribution in [1.82, 2.24) is 9.97 Å². The molecule has 2 aromatic carbocycles. The number of halogens is 1. The van der Waals surface area contributed by atoms with Crippen LogP contribution < -0.4 is 4.90 Å². The van der Waals surface area contributed by atoms with E-state index in [-0.39, 0.29) is 11.7 Å². The lowest BCUT2D eigenvalue weighted by molar-refractivity contribution is -0.118. The van der Waals surface area contributed by atoms with Gasteiger partial charge in [-0.15, -0.1) is 11.8 Å². The molecule has 0 unspecified atom stereocenters. The van der Waals surface area contributed by atoms with Gasteiger partial charge in [0.15, 0.2) is 5.13 Å². The number of aryl methyl sites for hydroxylation is 2. The van der Waals surface area contributed by atoms with Gasteiger partial charge in [-0.1, -0.05) is 23.5 Å². The zero-order valence-electron chi connectivity index (χ0n) is 18.0. The van der Waals surface area contributed by atoms with Crippen molar-refractivity contribution in [2.24, 2.45) is 0 Å². The van der Waals surface area contributed by atoms with E-state index < -0.39 is 0 Å². The first-order valence-corrected chi connectivity index (χ1v) is 12.3. The molecule has 7 heteroatoms. The fourth-order valence-electron chi connectivity index (χ4n) is 3.47. The second kappa shape index (κ2) is 10.2. The Morgan fingerprint density at radius 1 is 1.12 bits per heavy atom. The van der Waals surface area contributed by atoms with Gasteiger partial charge in [-0.2, -0.15) is 0 Å². The minimum Gasteiger partial charge on any atom is -0.282 e. The van der Waals surface area contributed by atoms with Crippen LogP contribution in [0.2, 0.25) is 0 Å². The summed E-state index contributed by atoms with van der Waals surface area (Å²) in [5.74, 6) is 0.576. The standard InChI is InChI=1S/C25H24FN3OS2/c1-17-14-18(2)24-22(15-17)32-25(28-24)29(16-20-6-3-4-12-27-20)23(30)7-5-13-31-21-10-8-19(26)9-11-21/h3-4,6,8-12,14-15H,5,7,13,16H2,1-2H3. The molecule has 0 aliphatic heterocycles. The van der Waals surface area contributed by atoms with Crippen LogP contribution in [0.5, 0.6) is 0 Å². The molecule has 0 spiro atoms. The molecule has 0 saturated heterocycles. The monoisotopic (exact) mass is 465 g/mol. The van der Waals surface area contributed by atoms with Crippen LogP contribution in [-0.2, 0) is 11.3 Å². The molecule has 4 aromatic rings. The van der Waals surface area contributed by atoms with E-state index in [0.717, 1.165) is 38.5 Å². The molecule has 0 aliphatic rings. The molecule has 2 heterocycles. The Balaban J connectivity index is 1.49. The molecular weight excluding hydrogens is 441 g/mol. The number of thiazole rings is 1. The summed E-state index contributed by atoms with van der Waals surface area (Å²) >= 11 is 3.17. The third-order valence-corrected chi connectivity index (χ3v) is 7.14. The van der Waals surface area contributed by atoms with E-state index in [4.69, 9.17) is 4.98 Å². The van der Waals surface area contributed by atoms with Crippen molar-refractivity contribution in [1.29, 1.82) is 0 Å². The molecule has 2 aromatic heterocycles. The molecule has 4 nitrogen and oxygen atoms in total. The number of hydrogen-bond acceptors (Lipinski definition) is 5. The van der Waals surface area contributed by atoms with Gasteiger partial charge in [-0.05, 0) is 79.6 Å². The summed E-state index contributed by atoms with van der Waals surface area (Å²) < 4.78 is 14.2. The van der Waals surface area contributed by atoms with Gasteiger partial charge >= 0.3 is 0 Å². The van der Waals surface area contributed by atoms with Crippen LogP contribution in [0.3, 0.4) is 0 Å². The number of hydrogen-bond donors (Lipinski definition) is 0. The Labute approximate surface area is 195 Å². The molecular formula is C25H24FN3OS2. The van der Waals surface area contributed by atoms with Crippen molar-refractivity contribution in [3.8, 4) is 0 Å². The van der Waals surface area contributed by atoms with E-state index in [9.17, 15) is 9.18 Å². The van der Waals surface area contributed by atoms with Crippen molar-refractivity contribution in [2.45, 2.75) is 38.1 Å². The minimum atomic E-state index is -0.240. The number of rotatable bonds is 8. The summed E-state index contributed by atoms with van der Waals surface area (Å²) in [4.78, 5) is 25.2. The third-order valence-electron chi connectivity index (χ3n) is 5.01. The Morgan fingerprint density at radius 3 is 2.69 bits per heavy atom. The summed E-state index contributed by atoms with van der Waals surface area (Å²) in [5, 5.41) is 0.704. The lowest BCUT2D eigenvalue weighted by Crippen LogP contribution is -2.30. The zero-order chi connectivity index (χ0) is 22.5. The Bertz CT molecular complexity index is 1210. The highest BCUT2D eigenvalue weighted by Crippen LogP contribution is 2.33. The largest absolute Gasteiger partial charge is 0.282 e. The maximum absolute atomic E-state index is 13.2. The molecule has 0 N–H and O–H groups in total. The molecule has 0 atom stereocenters. The number of amides is 1. The Hall–Kier alpha value is -2.77. The molecule has 0 bridgehead atoms. The van der Waals surface area contributed by atoms with Crippen molar-refractivity contribution < 1.29 is 9.18 Å². The first-order valence-electron chi connectivity index (χ1n) is 10.5. The number of fused-ring (bicyclic) bond motifs is 1. The first kappa shape index (κ1) is 22.4. The number of aromatic nitrogens is 2. The van der Waals surface area contributed by atoms with Gasteiger partial charge in [-0.3, -0.25) is 14.7 Å². The summed E-state index contributed by atoms with van der Waals surface area (Å²) in [6.45, 7) is 4.51. The average molecular weight is 466 g/mol. The van der Waals surface area contributed by atoms with Gasteiger partial charge in [0, 0.05) is 17.5 Å². The molecule has 1 amide bonds. The highest BCUT2D eigenvalue weighted by atomic mass is 32.2. The van der Waals surface area contributed by atoms with Gasteiger partial charge in [0.1, 0.15) is 5.82 Å². The minimum absolute atomic E-state index is 0.0313. The van der Waals surface area contributed by atoms with Gasteiger partial charge in [0.2, 0.25) is 5.91 Å². The molecule has 164 valence electrons. The first-order chi connectivity index (χ1) is 15.5. The van der Waals surface area contributed by atoms with Crippen molar-refractivity contribution in [3.05, 3.63) is 83.4 Å². The molecule has 0 fully saturated rings. The van der Waals surface area contributed by atoms with Crippen molar-refractivity contribution in [2.75, 3.05) is 10.7 Å². The van der Waals surface area contributed by atoms with Crippen LogP contribution in [0.1, 0.15) is 29.7 Å². The lowest BCUT2D eigenvalue weighted by Gasteiger charge is -2.19. The number of pyridine rings is 1. The fourth-order valence-corrected chi connectivity index (χ4v) is 5.48. The predicted octanol–water partition coefficient (Wildman–Crippen LogP) is 6.55. The van der Waals surface area contributed by atoms with Gasteiger partial charge < -0.3 is 0 Å². The predicted molar refractivity (Wildman–Crippen MR) is 131 cm³/mol. The van der Waals surface area contributed by atoms with E-state index in [1.165, 1.54) is 17.7 Å². The van der Waals surface area contributed by atoms with Crippen LogP contribution in [0.15, 0.2) is 65.7 Å². The number of benzene rings is 2. The molecule has 32 heavy (non-hydrogen) atoms.